The van der Waals surface area contributed by atoms with Gasteiger partial charge >= 0.3 is 0 Å². The normalized spacial score (nSPS) is 13.1. The number of hydrogen-bond donors (Lipinski definition) is 1. The molecule has 1 unspecified atom stereocenters. The molecule has 2 rings (SSSR count). The van der Waals surface area contributed by atoms with Crippen molar-refractivity contribution >= 4 is 11.0 Å². The summed E-state index contributed by atoms with van der Waals surface area (Å²) in [7, 11) is 2.13. The second-order valence-corrected chi connectivity index (χ2v) is 5.42. The maximum absolute atomic E-state index is 5.66. The molecule has 0 saturated heterocycles. The van der Waals surface area contributed by atoms with E-state index in [0.717, 1.165) is 30.8 Å². The lowest BCUT2D eigenvalue weighted by molar-refractivity contribution is 0.437. The van der Waals surface area contributed by atoms with E-state index in [4.69, 9.17) is 10.7 Å². The molecule has 3 nitrogen and oxygen atoms in total. The predicted molar refractivity (Wildman–Crippen MR) is 81.2 cm³/mol. The van der Waals surface area contributed by atoms with E-state index in [1.807, 2.05) is 0 Å². The van der Waals surface area contributed by atoms with Crippen molar-refractivity contribution in [2.75, 3.05) is 6.54 Å². The van der Waals surface area contributed by atoms with Crippen molar-refractivity contribution in [1.82, 2.24) is 9.55 Å². The highest BCUT2D eigenvalue weighted by Crippen LogP contribution is 2.21. The van der Waals surface area contributed by atoms with Gasteiger partial charge in [0.2, 0.25) is 0 Å². The van der Waals surface area contributed by atoms with Crippen LogP contribution in [0.4, 0.5) is 0 Å². The average Bonchev–Trinajstić information content (AvgIpc) is 2.73. The first kappa shape index (κ1) is 14.1. The molecule has 0 spiro atoms. The van der Waals surface area contributed by atoms with E-state index in [1.54, 1.807) is 0 Å². The Morgan fingerprint density at radius 2 is 2.11 bits per heavy atom. The average molecular weight is 259 g/mol. The highest BCUT2D eigenvalue weighted by molar-refractivity contribution is 5.79. The van der Waals surface area contributed by atoms with Crippen molar-refractivity contribution in [1.29, 1.82) is 0 Å². The quantitative estimate of drug-likeness (QED) is 0.866. The van der Waals surface area contributed by atoms with Crippen molar-refractivity contribution in [2.24, 2.45) is 18.7 Å². The maximum atomic E-state index is 5.66. The second kappa shape index (κ2) is 6.20. The molecule has 0 aliphatic rings. The fourth-order valence-electron chi connectivity index (χ4n) is 2.86. The van der Waals surface area contributed by atoms with Gasteiger partial charge in [-0.05, 0) is 43.9 Å². The number of hydrogen-bond acceptors (Lipinski definition) is 2. The third-order valence-corrected chi connectivity index (χ3v) is 4.12. The number of aryl methyl sites for hydroxylation is 3. The van der Waals surface area contributed by atoms with E-state index in [2.05, 4.69) is 43.7 Å². The van der Waals surface area contributed by atoms with Gasteiger partial charge in [-0.2, -0.15) is 0 Å². The number of aromatic nitrogens is 2. The third-order valence-electron chi connectivity index (χ3n) is 4.12. The van der Waals surface area contributed by atoms with Gasteiger partial charge in [0.15, 0.2) is 0 Å². The Morgan fingerprint density at radius 1 is 1.32 bits per heavy atom. The molecule has 0 aliphatic heterocycles. The first-order valence-corrected chi connectivity index (χ1v) is 7.28. The van der Waals surface area contributed by atoms with Crippen molar-refractivity contribution in [3.8, 4) is 0 Å². The van der Waals surface area contributed by atoms with Gasteiger partial charge in [0.05, 0.1) is 11.0 Å². The summed E-state index contributed by atoms with van der Waals surface area (Å²) in [6, 6.07) is 6.33. The smallest absolute Gasteiger partial charge is 0.109 e. The molecule has 0 aliphatic carbocycles. The van der Waals surface area contributed by atoms with Crippen LogP contribution in [-0.4, -0.2) is 16.1 Å². The summed E-state index contributed by atoms with van der Waals surface area (Å²) in [5, 5.41) is 0. The fraction of sp³-hybridized carbons (Fsp3) is 0.562. The number of rotatable bonds is 6. The van der Waals surface area contributed by atoms with Crippen molar-refractivity contribution in [3.63, 3.8) is 0 Å². The third kappa shape index (κ3) is 2.98. The summed E-state index contributed by atoms with van der Waals surface area (Å²) in [4.78, 5) is 4.77. The summed E-state index contributed by atoms with van der Waals surface area (Å²) < 4.78 is 2.25. The van der Waals surface area contributed by atoms with E-state index >= 15 is 0 Å². The number of nitrogens with zero attached hydrogens (tertiary/aromatic N) is 2. The zero-order valence-electron chi connectivity index (χ0n) is 12.3. The molecule has 0 radical (unpaired) electrons. The maximum Gasteiger partial charge on any atom is 0.109 e. The second-order valence-electron chi connectivity index (χ2n) is 5.42. The minimum absolute atomic E-state index is 0.728. The van der Waals surface area contributed by atoms with Crippen molar-refractivity contribution in [3.05, 3.63) is 29.6 Å². The van der Waals surface area contributed by atoms with Crippen LogP contribution >= 0.6 is 0 Å². The summed E-state index contributed by atoms with van der Waals surface area (Å²) in [5.74, 6) is 1.92. The largest absolute Gasteiger partial charge is 0.331 e. The molecule has 3 heteroatoms. The number of fused-ring (bicyclic) bond motifs is 1. The molecule has 104 valence electrons. The van der Waals surface area contributed by atoms with Gasteiger partial charge in [0.1, 0.15) is 5.82 Å². The molecule has 1 atom stereocenters. The van der Waals surface area contributed by atoms with Crippen LogP contribution in [0.3, 0.4) is 0 Å². The molecule has 1 aromatic heterocycles. The first-order valence-electron chi connectivity index (χ1n) is 7.28. The number of para-hydroxylation sites is 1. The summed E-state index contributed by atoms with van der Waals surface area (Å²) in [5.41, 5.74) is 9.35. The minimum atomic E-state index is 0.728. The Hall–Kier alpha value is -1.35. The Balaban J connectivity index is 2.17. The zero-order valence-corrected chi connectivity index (χ0v) is 12.3. The lowest BCUT2D eigenvalue weighted by atomic mass is 9.96. The summed E-state index contributed by atoms with van der Waals surface area (Å²) in [6.45, 7) is 5.19. The van der Waals surface area contributed by atoms with E-state index in [0.29, 0.717) is 0 Å². The Morgan fingerprint density at radius 3 is 2.74 bits per heavy atom. The predicted octanol–water partition coefficient (Wildman–Crippen LogP) is 3.19. The number of nitrogens with two attached hydrogens (primary N) is 1. The van der Waals surface area contributed by atoms with Gasteiger partial charge in [0.25, 0.3) is 0 Å². The molecule has 2 N–H and O–H groups in total. The van der Waals surface area contributed by atoms with Gasteiger partial charge in [0, 0.05) is 13.5 Å². The van der Waals surface area contributed by atoms with Crippen LogP contribution in [-0.2, 0) is 13.5 Å². The lowest BCUT2D eigenvalue weighted by Crippen LogP contribution is -2.10. The van der Waals surface area contributed by atoms with Crippen LogP contribution in [0.15, 0.2) is 18.2 Å². The highest BCUT2D eigenvalue weighted by atomic mass is 15.1. The summed E-state index contributed by atoms with van der Waals surface area (Å²) >= 11 is 0. The molecular formula is C16H25N3. The molecule has 19 heavy (non-hydrogen) atoms. The minimum Gasteiger partial charge on any atom is -0.331 e. The lowest BCUT2D eigenvalue weighted by Gasteiger charge is -2.13. The van der Waals surface area contributed by atoms with Crippen LogP contribution in [0, 0.1) is 12.8 Å². The number of benzene rings is 1. The van der Waals surface area contributed by atoms with Crippen molar-refractivity contribution < 1.29 is 0 Å². The van der Waals surface area contributed by atoms with Gasteiger partial charge in [-0.25, -0.2) is 4.98 Å². The highest BCUT2D eigenvalue weighted by Gasteiger charge is 2.12. The van der Waals surface area contributed by atoms with Gasteiger partial charge in [-0.15, -0.1) is 0 Å². The molecule has 1 aromatic carbocycles. The van der Waals surface area contributed by atoms with Gasteiger partial charge < -0.3 is 10.3 Å². The van der Waals surface area contributed by atoms with Crippen LogP contribution in [0.5, 0.6) is 0 Å². The van der Waals surface area contributed by atoms with Crippen LogP contribution in [0.1, 0.15) is 37.6 Å². The summed E-state index contributed by atoms with van der Waals surface area (Å²) in [6.07, 6.45) is 4.56. The van der Waals surface area contributed by atoms with Crippen LogP contribution in [0.25, 0.3) is 11.0 Å². The molecule has 0 fully saturated rings. The van der Waals surface area contributed by atoms with E-state index in [-0.39, 0.29) is 0 Å². The molecule has 0 amide bonds. The molecule has 2 aromatic rings. The Labute approximate surface area is 115 Å². The monoisotopic (exact) mass is 259 g/mol. The first-order chi connectivity index (χ1) is 9.17. The fourth-order valence-corrected chi connectivity index (χ4v) is 2.86. The molecule has 0 bridgehead atoms. The van der Waals surface area contributed by atoms with Crippen molar-refractivity contribution in [2.45, 2.75) is 39.5 Å². The van der Waals surface area contributed by atoms with E-state index in [1.165, 1.54) is 29.7 Å². The van der Waals surface area contributed by atoms with E-state index in [9.17, 15) is 0 Å². The van der Waals surface area contributed by atoms with Gasteiger partial charge in [-0.1, -0.05) is 25.5 Å². The molecule has 1 heterocycles. The Bertz CT molecular complexity index is 542. The topological polar surface area (TPSA) is 43.8 Å². The molecular weight excluding hydrogens is 234 g/mol. The Kier molecular flexibility index (Phi) is 4.59. The SMILES string of the molecule is CCC(CCN)CCc1nc2cccc(C)c2n1C. The zero-order chi connectivity index (χ0) is 13.8. The standard InChI is InChI=1S/C16H25N3/c1-4-13(10-11-17)8-9-15-18-14-7-5-6-12(2)16(14)19(15)3/h5-7,13H,4,8-11,17H2,1-3H3. The molecule has 0 saturated carbocycles. The van der Waals surface area contributed by atoms with Gasteiger partial charge in [-0.3, -0.25) is 0 Å². The van der Waals surface area contributed by atoms with E-state index < -0.39 is 0 Å². The van der Waals surface area contributed by atoms with Crippen LogP contribution < -0.4 is 5.73 Å². The van der Waals surface area contributed by atoms with Crippen LogP contribution in [0.2, 0.25) is 0 Å². The number of imidazole rings is 1.